The first-order valence-corrected chi connectivity index (χ1v) is 13.3. The van der Waals surface area contributed by atoms with Crippen molar-refractivity contribution in [3.8, 4) is 5.75 Å². The zero-order valence-corrected chi connectivity index (χ0v) is 21.9. The molecule has 0 fully saturated rings. The minimum Gasteiger partial charge on any atom is -0.508 e. The number of nitrogens with one attached hydrogen (secondary N) is 3. The zero-order chi connectivity index (χ0) is 26.5. The summed E-state index contributed by atoms with van der Waals surface area (Å²) in [5.74, 6) is -2.36. The number of aromatic hydroxyl groups is 1. The van der Waals surface area contributed by atoms with E-state index in [-0.39, 0.29) is 23.8 Å². The fourth-order valence-corrected chi connectivity index (χ4v) is 3.90. The quantitative estimate of drug-likeness (QED) is 0.162. The van der Waals surface area contributed by atoms with Gasteiger partial charge >= 0.3 is 5.97 Å². The molecule has 0 saturated carbocycles. The summed E-state index contributed by atoms with van der Waals surface area (Å²) in [5, 5.41) is 26.5. The van der Waals surface area contributed by atoms with Gasteiger partial charge < -0.3 is 31.9 Å². The van der Waals surface area contributed by atoms with Gasteiger partial charge in [0.2, 0.25) is 17.7 Å². The molecular weight excluding hydrogens is 492 g/mol. The predicted octanol–water partition coefficient (Wildman–Crippen LogP) is 0.530. The van der Waals surface area contributed by atoms with E-state index in [0.717, 1.165) is 0 Å². The lowest BCUT2D eigenvalue weighted by atomic mass is 10.0. The molecule has 3 amide bonds. The van der Waals surface area contributed by atoms with Crippen LogP contribution in [0.5, 0.6) is 5.75 Å². The molecule has 4 atom stereocenters. The Bertz CT molecular complexity index is 853. The lowest BCUT2D eigenvalue weighted by Gasteiger charge is -2.26. The van der Waals surface area contributed by atoms with Crippen molar-refractivity contribution < 1.29 is 29.4 Å². The Kier molecular flexibility index (Phi) is 13.6. The maximum Gasteiger partial charge on any atom is 0.327 e. The van der Waals surface area contributed by atoms with Crippen LogP contribution < -0.4 is 21.7 Å². The van der Waals surface area contributed by atoms with Crippen LogP contribution in [0.4, 0.5) is 0 Å². The Balaban J connectivity index is 3.08. The van der Waals surface area contributed by atoms with Gasteiger partial charge in [-0.2, -0.15) is 24.4 Å². The summed E-state index contributed by atoms with van der Waals surface area (Å²) >= 11 is 5.52. The molecule has 4 unspecified atom stereocenters. The Morgan fingerprint density at radius 2 is 1.51 bits per heavy atom. The number of aliphatic carboxylic acids is 1. The summed E-state index contributed by atoms with van der Waals surface area (Å²) in [6.45, 7) is 3.79. The van der Waals surface area contributed by atoms with Gasteiger partial charge in [-0.15, -0.1) is 0 Å². The van der Waals surface area contributed by atoms with E-state index in [0.29, 0.717) is 24.2 Å². The third-order valence-electron chi connectivity index (χ3n) is 5.12. The summed E-state index contributed by atoms with van der Waals surface area (Å²) in [6, 6.07) is 1.98. The second-order valence-electron chi connectivity index (χ2n) is 8.59. The number of thioether (sulfide) groups is 1. The molecule has 0 aromatic heterocycles. The monoisotopic (exact) mass is 528 g/mol. The molecule has 0 heterocycles. The largest absolute Gasteiger partial charge is 0.508 e. The molecule has 0 aliphatic rings. The van der Waals surface area contributed by atoms with Gasteiger partial charge in [-0.1, -0.05) is 26.0 Å². The smallest absolute Gasteiger partial charge is 0.327 e. The number of carbonyl (C=O) groups is 4. The molecular formula is C23H36N4O6S2. The Labute approximate surface area is 215 Å². The van der Waals surface area contributed by atoms with Crippen LogP contribution in [0.2, 0.25) is 0 Å². The van der Waals surface area contributed by atoms with Crippen molar-refractivity contribution in [1.82, 2.24) is 16.0 Å². The highest BCUT2D eigenvalue weighted by molar-refractivity contribution is 7.98. The second kappa shape index (κ2) is 15.5. The molecule has 1 aromatic carbocycles. The Hall–Kier alpha value is -2.44. The number of benzene rings is 1. The van der Waals surface area contributed by atoms with E-state index in [1.807, 2.05) is 20.1 Å². The van der Waals surface area contributed by atoms with Crippen molar-refractivity contribution in [2.45, 2.75) is 57.3 Å². The van der Waals surface area contributed by atoms with E-state index in [1.54, 1.807) is 23.9 Å². The van der Waals surface area contributed by atoms with Crippen LogP contribution in [0.1, 0.15) is 32.3 Å². The fourth-order valence-electron chi connectivity index (χ4n) is 3.16. The number of carboxylic acid groups (broad SMARTS) is 1. The average molecular weight is 529 g/mol. The molecule has 0 aliphatic carbocycles. The van der Waals surface area contributed by atoms with Crippen molar-refractivity contribution in [2.75, 3.05) is 17.8 Å². The van der Waals surface area contributed by atoms with Crippen molar-refractivity contribution >= 4 is 48.1 Å². The SMILES string of the molecule is CSCCC(N)C(=O)NC(CC(C)C)C(=O)NC(Cc1ccc(O)cc1)C(=O)NC(CS)C(=O)O. The summed E-state index contributed by atoms with van der Waals surface area (Å²) < 4.78 is 0. The van der Waals surface area contributed by atoms with Crippen molar-refractivity contribution in [1.29, 1.82) is 0 Å². The van der Waals surface area contributed by atoms with Gasteiger partial charge in [0.1, 0.15) is 23.9 Å². The topological polar surface area (TPSA) is 171 Å². The highest BCUT2D eigenvalue weighted by Gasteiger charge is 2.30. The summed E-state index contributed by atoms with van der Waals surface area (Å²) in [7, 11) is 0. The average Bonchev–Trinajstić information content (AvgIpc) is 2.80. The van der Waals surface area contributed by atoms with Crippen LogP contribution in [-0.4, -0.2) is 75.8 Å². The summed E-state index contributed by atoms with van der Waals surface area (Å²) in [5.41, 5.74) is 6.57. The summed E-state index contributed by atoms with van der Waals surface area (Å²) in [6.07, 6.45) is 2.71. The third kappa shape index (κ3) is 11.2. The predicted molar refractivity (Wildman–Crippen MR) is 140 cm³/mol. The molecule has 1 rings (SSSR count). The highest BCUT2D eigenvalue weighted by atomic mass is 32.2. The van der Waals surface area contributed by atoms with Gasteiger partial charge in [0.05, 0.1) is 6.04 Å². The maximum absolute atomic E-state index is 13.2. The molecule has 10 nitrogen and oxygen atoms in total. The highest BCUT2D eigenvalue weighted by Crippen LogP contribution is 2.13. The van der Waals surface area contributed by atoms with Crippen molar-refractivity contribution in [3.63, 3.8) is 0 Å². The third-order valence-corrected chi connectivity index (χ3v) is 6.13. The number of phenolic OH excluding ortho intramolecular Hbond substituents is 1. The van der Waals surface area contributed by atoms with Crippen LogP contribution >= 0.6 is 24.4 Å². The molecule has 7 N–H and O–H groups in total. The molecule has 0 radical (unpaired) electrons. The molecule has 1 aromatic rings. The van der Waals surface area contributed by atoms with E-state index < -0.39 is 47.9 Å². The van der Waals surface area contributed by atoms with Gasteiger partial charge in [-0.25, -0.2) is 4.79 Å². The van der Waals surface area contributed by atoms with Gasteiger partial charge in [0, 0.05) is 12.2 Å². The lowest BCUT2D eigenvalue weighted by molar-refractivity contribution is -0.141. The van der Waals surface area contributed by atoms with Crippen LogP contribution in [0.3, 0.4) is 0 Å². The molecule has 0 aliphatic heterocycles. The van der Waals surface area contributed by atoms with Crippen molar-refractivity contribution in [3.05, 3.63) is 29.8 Å². The van der Waals surface area contributed by atoms with Crippen molar-refractivity contribution in [2.24, 2.45) is 11.7 Å². The number of carbonyl (C=O) groups excluding carboxylic acids is 3. The molecule has 0 saturated heterocycles. The number of phenols is 1. The number of carboxylic acids is 1. The van der Waals surface area contributed by atoms with E-state index in [4.69, 9.17) is 5.73 Å². The fraction of sp³-hybridized carbons (Fsp3) is 0.565. The van der Waals surface area contributed by atoms with Gasteiger partial charge in [-0.3, -0.25) is 14.4 Å². The van der Waals surface area contributed by atoms with Crippen LogP contribution in [0.15, 0.2) is 24.3 Å². The number of hydrogen-bond acceptors (Lipinski definition) is 8. The van der Waals surface area contributed by atoms with Crippen LogP contribution in [-0.2, 0) is 25.6 Å². The number of nitrogens with two attached hydrogens (primary N) is 1. The van der Waals surface area contributed by atoms with Gasteiger partial charge in [0.25, 0.3) is 0 Å². The number of thiol groups is 1. The molecule has 35 heavy (non-hydrogen) atoms. The first kappa shape index (κ1) is 30.6. The molecule has 0 spiro atoms. The van der Waals surface area contributed by atoms with E-state index in [2.05, 4.69) is 28.6 Å². The molecule has 0 bridgehead atoms. The first-order valence-electron chi connectivity index (χ1n) is 11.3. The normalized spacial score (nSPS) is 14.5. The zero-order valence-electron chi connectivity index (χ0n) is 20.2. The Morgan fingerprint density at radius 3 is 2.03 bits per heavy atom. The van der Waals surface area contributed by atoms with Gasteiger partial charge in [-0.05, 0) is 48.5 Å². The number of rotatable bonds is 15. The minimum absolute atomic E-state index is 0.0341. The Morgan fingerprint density at radius 1 is 0.971 bits per heavy atom. The number of hydrogen-bond donors (Lipinski definition) is 7. The van der Waals surface area contributed by atoms with Gasteiger partial charge in [0.15, 0.2) is 0 Å². The number of amides is 3. The molecule has 196 valence electrons. The minimum atomic E-state index is -1.26. The molecule has 12 heteroatoms. The standard InChI is InChI=1S/C23H36N4O6S2/c1-13(2)10-17(25-20(29)16(24)8-9-35-3)21(30)26-18(11-14-4-6-15(28)7-5-14)22(31)27-19(12-34)23(32)33/h4-7,13,16-19,28,34H,8-12,24H2,1-3H3,(H,25,29)(H,26,30)(H,27,31)(H,32,33). The van der Waals surface area contributed by atoms with Crippen LogP contribution in [0.25, 0.3) is 0 Å². The lowest BCUT2D eigenvalue weighted by Crippen LogP contribution is -2.58. The van der Waals surface area contributed by atoms with E-state index in [9.17, 15) is 29.4 Å². The summed E-state index contributed by atoms with van der Waals surface area (Å²) in [4.78, 5) is 50.0. The van der Waals surface area contributed by atoms with E-state index >= 15 is 0 Å². The second-order valence-corrected chi connectivity index (χ2v) is 9.94. The maximum atomic E-state index is 13.2. The first-order chi connectivity index (χ1) is 16.5. The van der Waals surface area contributed by atoms with E-state index in [1.165, 1.54) is 12.1 Å². The van der Waals surface area contributed by atoms with Crippen LogP contribution in [0, 0.1) is 5.92 Å².